The minimum absolute atomic E-state index is 0.0987. The Kier molecular flexibility index (Phi) is 5.63. The monoisotopic (exact) mass is 289 g/mol. The van der Waals surface area contributed by atoms with Crippen LogP contribution in [-0.2, 0) is 13.1 Å². The standard InChI is InChI=1S/C16H23N3O2/c1-3-8-21-16-9-13(2)4-5-15(16)17-10-14-11-18-19(12-14)6-7-20/h4-5,9,11-12,17,20H,3,6-8,10H2,1-2H3. The molecule has 2 N–H and O–H groups in total. The SMILES string of the molecule is CCCOc1cc(C)ccc1NCc1cnn(CCO)c1. The van der Waals surface area contributed by atoms with Gasteiger partial charge in [-0.1, -0.05) is 13.0 Å². The summed E-state index contributed by atoms with van der Waals surface area (Å²) >= 11 is 0. The fourth-order valence-corrected chi connectivity index (χ4v) is 2.03. The maximum Gasteiger partial charge on any atom is 0.142 e. The number of aromatic nitrogens is 2. The van der Waals surface area contributed by atoms with Crippen molar-refractivity contribution in [2.75, 3.05) is 18.5 Å². The van der Waals surface area contributed by atoms with Crippen LogP contribution < -0.4 is 10.1 Å². The zero-order valence-electron chi connectivity index (χ0n) is 12.7. The number of aliphatic hydroxyl groups excluding tert-OH is 1. The molecule has 1 heterocycles. The van der Waals surface area contributed by atoms with E-state index in [0.717, 1.165) is 23.4 Å². The van der Waals surface area contributed by atoms with Crippen molar-refractivity contribution in [3.8, 4) is 5.75 Å². The van der Waals surface area contributed by atoms with Crippen LogP contribution in [0, 0.1) is 6.92 Å². The van der Waals surface area contributed by atoms with Gasteiger partial charge in [-0.25, -0.2) is 0 Å². The summed E-state index contributed by atoms with van der Waals surface area (Å²) in [7, 11) is 0. The van der Waals surface area contributed by atoms with Crippen LogP contribution >= 0.6 is 0 Å². The molecule has 0 aliphatic rings. The molecule has 0 fully saturated rings. The molecule has 0 amide bonds. The second-order valence-corrected chi connectivity index (χ2v) is 5.04. The van der Waals surface area contributed by atoms with Gasteiger partial charge in [0.05, 0.1) is 31.6 Å². The van der Waals surface area contributed by atoms with Crippen molar-refractivity contribution >= 4 is 5.69 Å². The highest BCUT2D eigenvalue weighted by Crippen LogP contribution is 2.26. The molecule has 0 bridgehead atoms. The van der Waals surface area contributed by atoms with Gasteiger partial charge in [-0.2, -0.15) is 5.10 Å². The summed E-state index contributed by atoms with van der Waals surface area (Å²) in [6.07, 6.45) is 4.73. The number of ether oxygens (including phenoxy) is 1. The van der Waals surface area contributed by atoms with Gasteiger partial charge in [-0.3, -0.25) is 4.68 Å². The Morgan fingerprint density at radius 1 is 1.38 bits per heavy atom. The van der Waals surface area contributed by atoms with E-state index in [9.17, 15) is 0 Å². The quantitative estimate of drug-likeness (QED) is 0.784. The molecule has 0 spiro atoms. The molecular weight excluding hydrogens is 266 g/mol. The fourth-order valence-electron chi connectivity index (χ4n) is 2.03. The van der Waals surface area contributed by atoms with E-state index >= 15 is 0 Å². The molecule has 0 atom stereocenters. The van der Waals surface area contributed by atoms with Gasteiger partial charge in [0.15, 0.2) is 0 Å². The van der Waals surface area contributed by atoms with E-state index < -0.39 is 0 Å². The van der Waals surface area contributed by atoms with E-state index in [1.165, 1.54) is 5.56 Å². The van der Waals surface area contributed by atoms with Gasteiger partial charge in [-0.05, 0) is 31.0 Å². The molecule has 0 saturated heterocycles. The van der Waals surface area contributed by atoms with E-state index in [0.29, 0.717) is 19.7 Å². The number of rotatable bonds is 8. The average Bonchev–Trinajstić information content (AvgIpc) is 2.92. The van der Waals surface area contributed by atoms with Crippen molar-refractivity contribution in [2.24, 2.45) is 0 Å². The molecule has 0 radical (unpaired) electrons. The molecule has 114 valence electrons. The van der Waals surface area contributed by atoms with Crippen molar-refractivity contribution in [3.63, 3.8) is 0 Å². The van der Waals surface area contributed by atoms with Crippen LogP contribution in [0.4, 0.5) is 5.69 Å². The number of nitrogens with one attached hydrogen (secondary N) is 1. The van der Waals surface area contributed by atoms with Crippen LogP contribution in [0.1, 0.15) is 24.5 Å². The first-order valence-electron chi connectivity index (χ1n) is 7.32. The predicted molar refractivity (Wildman–Crippen MR) is 83.6 cm³/mol. The molecule has 0 aliphatic heterocycles. The lowest BCUT2D eigenvalue weighted by Crippen LogP contribution is -2.04. The van der Waals surface area contributed by atoms with Crippen LogP contribution in [0.15, 0.2) is 30.6 Å². The molecule has 5 nitrogen and oxygen atoms in total. The number of anilines is 1. The molecular formula is C16H23N3O2. The second kappa shape index (κ2) is 7.69. The van der Waals surface area contributed by atoms with Gasteiger partial charge in [0.2, 0.25) is 0 Å². The number of aryl methyl sites for hydroxylation is 1. The molecule has 1 aromatic carbocycles. The van der Waals surface area contributed by atoms with Crippen molar-refractivity contribution in [1.29, 1.82) is 0 Å². The molecule has 21 heavy (non-hydrogen) atoms. The Labute approximate surface area is 125 Å². The molecule has 0 unspecified atom stereocenters. The smallest absolute Gasteiger partial charge is 0.142 e. The molecule has 2 aromatic rings. The lowest BCUT2D eigenvalue weighted by Gasteiger charge is -2.13. The molecule has 0 aliphatic carbocycles. The highest BCUT2D eigenvalue weighted by atomic mass is 16.5. The normalized spacial score (nSPS) is 10.6. The Morgan fingerprint density at radius 3 is 3.00 bits per heavy atom. The maximum atomic E-state index is 8.89. The van der Waals surface area contributed by atoms with Gasteiger partial charge in [-0.15, -0.1) is 0 Å². The lowest BCUT2D eigenvalue weighted by molar-refractivity contribution is 0.269. The van der Waals surface area contributed by atoms with Gasteiger partial charge >= 0.3 is 0 Å². The number of nitrogens with zero attached hydrogens (tertiary/aromatic N) is 2. The fraction of sp³-hybridized carbons (Fsp3) is 0.438. The first-order chi connectivity index (χ1) is 10.2. The third-order valence-electron chi connectivity index (χ3n) is 3.10. The first kappa shape index (κ1) is 15.4. The molecule has 1 aromatic heterocycles. The van der Waals surface area contributed by atoms with Crippen molar-refractivity contribution in [3.05, 3.63) is 41.7 Å². The van der Waals surface area contributed by atoms with E-state index in [-0.39, 0.29) is 6.61 Å². The molecule has 2 rings (SSSR count). The van der Waals surface area contributed by atoms with E-state index in [1.54, 1.807) is 4.68 Å². The van der Waals surface area contributed by atoms with Crippen LogP contribution in [0.2, 0.25) is 0 Å². The average molecular weight is 289 g/mol. The van der Waals surface area contributed by atoms with Crippen LogP contribution in [0.5, 0.6) is 5.75 Å². The number of hydrogen-bond acceptors (Lipinski definition) is 4. The highest BCUT2D eigenvalue weighted by Gasteiger charge is 2.05. The largest absolute Gasteiger partial charge is 0.491 e. The van der Waals surface area contributed by atoms with Crippen molar-refractivity contribution in [1.82, 2.24) is 9.78 Å². The number of hydrogen-bond donors (Lipinski definition) is 2. The minimum Gasteiger partial charge on any atom is -0.491 e. The van der Waals surface area contributed by atoms with E-state index in [2.05, 4.69) is 30.3 Å². The summed E-state index contributed by atoms with van der Waals surface area (Å²) in [4.78, 5) is 0. The summed E-state index contributed by atoms with van der Waals surface area (Å²) < 4.78 is 7.52. The summed E-state index contributed by atoms with van der Waals surface area (Å²) in [5.41, 5.74) is 3.25. The predicted octanol–water partition coefficient (Wildman–Crippen LogP) is 2.58. The lowest BCUT2D eigenvalue weighted by atomic mass is 10.2. The Balaban J connectivity index is 2.00. The van der Waals surface area contributed by atoms with Crippen molar-refractivity contribution < 1.29 is 9.84 Å². The number of benzene rings is 1. The maximum absolute atomic E-state index is 8.89. The van der Waals surface area contributed by atoms with Crippen molar-refractivity contribution in [2.45, 2.75) is 33.4 Å². The Morgan fingerprint density at radius 2 is 2.24 bits per heavy atom. The third-order valence-corrected chi connectivity index (χ3v) is 3.10. The minimum atomic E-state index is 0.0987. The van der Waals surface area contributed by atoms with Gasteiger partial charge in [0, 0.05) is 18.3 Å². The first-order valence-corrected chi connectivity index (χ1v) is 7.32. The second-order valence-electron chi connectivity index (χ2n) is 5.04. The summed E-state index contributed by atoms with van der Waals surface area (Å²) in [5.74, 6) is 0.889. The molecule has 0 saturated carbocycles. The van der Waals surface area contributed by atoms with Gasteiger partial charge in [0.25, 0.3) is 0 Å². The molecule has 5 heteroatoms. The van der Waals surface area contributed by atoms with Gasteiger partial charge < -0.3 is 15.2 Å². The highest BCUT2D eigenvalue weighted by molar-refractivity contribution is 5.57. The van der Waals surface area contributed by atoms with E-state index in [1.807, 2.05) is 24.5 Å². The van der Waals surface area contributed by atoms with Gasteiger partial charge in [0.1, 0.15) is 5.75 Å². The number of aliphatic hydroxyl groups is 1. The summed E-state index contributed by atoms with van der Waals surface area (Å²) in [6, 6.07) is 6.15. The zero-order chi connectivity index (χ0) is 15.1. The van der Waals surface area contributed by atoms with Crippen LogP contribution in [0.25, 0.3) is 0 Å². The van der Waals surface area contributed by atoms with Crippen LogP contribution in [0.3, 0.4) is 0 Å². The summed E-state index contributed by atoms with van der Waals surface area (Å²) in [6.45, 7) is 6.17. The summed E-state index contributed by atoms with van der Waals surface area (Å²) in [5, 5.41) is 16.5. The third kappa shape index (κ3) is 4.49. The topological polar surface area (TPSA) is 59.3 Å². The zero-order valence-corrected chi connectivity index (χ0v) is 12.7. The van der Waals surface area contributed by atoms with E-state index in [4.69, 9.17) is 9.84 Å². The Hall–Kier alpha value is -2.01. The van der Waals surface area contributed by atoms with Crippen LogP contribution in [-0.4, -0.2) is 28.1 Å². The Bertz CT molecular complexity index is 566.